The van der Waals surface area contributed by atoms with E-state index in [1.165, 1.54) is 16.2 Å². The molecule has 1 unspecified atom stereocenters. The molecule has 0 radical (unpaired) electrons. The molecule has 1 fully saturated rings. The number of anilines is 1. The summed E-state index contributed by atoms with van der Waals surface area (Å²) < 4.78 is 12.0. The fourth-order valence-corrected chi connectivity index (χ4v) is 5.52. The van der Waals surface area contributed by atoms with Crippen molar-refractivity contribution < 1.29 is 24.2 Å². The summed E-state index contributed by atoms with van der Waals surface area (Å²) in [6.07, 6.45) is 1.57. The molecule has 5 aromatic rings. The SMILES string of the molecule is Cc1ccccc1COc1ccc(C(O)=C2C(=O)C(=O)N(c3nccs3)C2c2cccc(Oc3ccccc3)c2)cc1. The molecule has 1 atom stereocenters. The third-order valence-corrected chi connectivity index (χ3v) is 7.78. The van der Waals surface area contributed by atoms with Gasteiger partial charge in [-0.2, -0.15) is 0 Å². The summed E-state index contributed by atoms with van der Waals surface area (Å²) in [6, 6.07) is 30.3. The maximum Gasteiger partial charge on any atom is 0.301 e. The van der Waals surface area contributed by atoms with Crippen LogP contribution in [0.1, 0.15) is 28.3 Å². The second-order valence-electron chi connectivity index (χ2n) is 9.71. The molecule has 1 amide bonds. The van der Waals surface area contributed by atoms with Crippen LogP contribution >= 0.6 is 11.3 Å². The molecule has 1 saturated heterocycles. The molecule has 0 aliphatic carbocycles. The Morgan fingerprint density at radius 1 is 0.881 bits per heavy atom. The first-order chi connectivity index (χ1) is 20.5. The number of rotatable bonds is 8. The summed E-state index contributed by atoms with van der Waals surface area (Å²) in [5.41, 5.74) is 3.16. The van der Waals surface area contributed by atoms with Gasteiger partial charge in [0.2, 0.25) is 0 Å². The first-order valence-electron chi connectivity index (χ1n) is 13.3. The van der Waals surface area contributed by atoms with Gasteiger partial charge in [-0.1, -0.05) is 54.6 Å². The predicted molar refractivity (Wildman–Crippen MR) is 162 cm³/mol. The number of benzene rings is 4. The number of carbonyl (C=O) groups is 2. The number of hydrogen-bond donors (Lipinski definition) is 1. The van der Waals surface area contributed by atoms with Crippen LogP contribution < -0.4 is 14.4 Å². The van der Waals surface area contributed by atoms with Gasteiger partial charge in [0, 0.05) is 17.1 Å². The van der Waals surface area contributed by atoms with E-state index >= 15 is 0 Å². The van der Waals surface area contributed by atoms with Gasteiger partial charge in [0.05, 0.1) is 11.6 Å². The van der Waals surface area contributed by atoms with E-state index in [0.717, 1.165) is 11.1 Å². The van der Waals surface area contributed by atoms with Crippen LogP contribution in [0.4, 0.5) is 5.13 Å². The standard InChI is InChI=1S/C34H26N2O5S/c1-22-8-5-6-9-25(22)21-40-26-16-14-23(15-17-26)31(37)29-30(36(33(39)32(29)38)34-35-18-19-42-34)24-10-7-13-28(20-24)41-27-11-3-2-4-12-27/h2-20,30,37H,21H2,1H3. The van der Waals surface area contributed by atoms with Crippen LogP contribution in [-0.4, -0.2) is 21.8 Å². The summed E-state index contributed by atoms with van der Waals surface area (Å²) in [4.78, 5) is 32.4. The van der Waals surface area contributed by atoms with E-state index in [1.807, 2.05) is 61.5 Å². The number of nitrogens with zero attached hydrogens (tertiary/aromatic N) is 2. The average Bonchev–Trinajstić information content (AvgIpc) is 3.64. The van der Waals surface area contributed by atoms with Crippen LogP contribution in [0.25, 0.3) is 5.76 Å². The molecular weight excluding hydrogens is 548 g/mol. The molecule has 8 heteroatoms. The molecule has 42 heavy (non-hydrogen) atoms. The van der Waals surface area contributed by atoms with E-state index in [-0.39, 0.29) is 11.3 Å². The molecular formula is C34H26N2O5S. The number of aliphatic hydroxyl groups excluding tert-OH is 1. The van der Waals surface area contributed by atoms with Gasteiger partial charge in [0.1, 0.15) is 29.6 Å². The molecule has 1 aromatic heterocycles. The van der Waals surface area contributed by atoms with Gasteiger partial charge in [-0.3, -0.25) is 14.5 Å². The number of ketones is 1. The number of aryl methyl sites for hydroxylation is 1. The Kier molecular flexibility index (Phi) is 7.53. The fourth-order valence-electron chi connectivity index (χ4n) is 4.85. The molecule has 208 valence electrons. The molecule has 6 rings (SSSR count). The summed E-state index contributed by atoms with van der Waals surface area (Å²) >= 11 is 1.24. The molecule has 1 aliphatic heterocycles. The number of ether oxygens (including phenoxy) is 2. The number of aliphatic hydroxyl groups is 1. The lowest BCUT2D eigenvalue weighted by Gasteiger charge is -2.23. The summed E-state index contributed by atoms with van der Waals surface area (Å²) in [7, 11) is 0. The first-order valence-corrected chi connectivity index (χ1v) is 14.2. The lowest BCUT2D eigenvalue weighted by atomic mass is 9.95. The van der Waals surface area contributed by atoms with Crippen molar-refractivity contribution in [2.75, 3.05) is 4.90 Å². The van der Waals surface area contributed by atoms with E-state index in [1.54, 1.807) is 60.1 Å². The highest BCUT2D eigenvalue weighted by molar-refractivity contribution is 7.14. The Morgan fingerprint density at radius 3 is 2.36 bits per heavy atom. The van der Waals surface area contributed by atoms with Gasteiger partial charge >= 0.3 is 5.91 Å². The van der Waals surface area contributed by atoms with Crippen molar-refractivity contribution in [2.45, 2.75) is 19.6 Å². The minimum Gasteiger partial charge on any atom is -0.507 e. The molecule has 1 N–H and O–H groups in total. The zero-order valence-corrected chi connectivity index (χ0v) is 23.5. The van der Waals surface area contributed by atoms with Crippen molar-refractivity contribution in [1.82, 2.24) is 4.98 Å². The van der Waals surface area contributed by atoms with Gasteiger partial charge in [0.15, 0.2) is 5.13 Å². The van der Waals surface area contributed by atoms with Crippen molar-refractivity contribution in [3.05, 3.63) is 143 Å². The maximum atomic E-state index is 13.5. The molecule has 0 saturated carbocycles. The molecule has 7 nitrogen and oxygen atoms in total. The van der Waals surface area contributed by atoms with E-state index < -0.39 is 17.7 Å². The first kappa shape index (κ1) is 27.0. The highest BCUT2D eigenvalue weighted by atomic mass is 32.1. The molecule has 2 heterocycles. The Labute approximate surface area is 246 Å². The zero-order chi connectivity index (χ0) is 29.1. The van der Waals surface area contributed by atoms with E-state index in [0.29, 0.717) is 40.1 Å². The zero-order valence-electron chi connectivity index (χ0n) is 22.6. The molecule has 0 bridgehead atoms. The Hall–Kier alpha value is -5.21. The van der Waals surface area contributed by atoms with Crippen LogP contribution in [0.15, 0.2) is 120 Å². The van der Waals surface area contributed by atoms with Crippen molar-refractivity contribution in [3.63, 3.8) is 0 Å². The van der Waals surface area contributed by atoms with E-state index in [4.69, 9.17) is 9.47 Å². The monoisotopic (exact) mass is 574 g/mol. The minimum atomic E-state index is -0.910. The smallest absolute Gasteiger partial charge is 0.301 e. The van der Waals surface area contributed by atoms with Crippen molar-refractivity contribution >= 4 is 33.9 Å². The highest BCUT2D eigenvalue weighted by Gasteiger charge is 2.48. The topological polar surface area (TPSA) is 89.0 Å². The van der Waals surface area contributed by atoms with Crippen molar-refractivity contribution in [2.24, 2.45) is 0 Å². The highest BCUT2D eigenvalue weighted by Crippen LogP contribution is 2.43. The van der Waals surface area contributed by atoms with Crippen LogP contribution in [-0.2, 0) is 16.2 Å². The van der Waals surface area contributed by atoms with Crippen LogP contribution in [0.5, 0.6) is 17.2 Å². The quantitative estimate of drug-likeness (QED) is 0.118. The predicted octanol–water partition coefficient (Wildman–Crippen LogP) is 7.45. The van der Waals surface area contributed by atoms with Gasteiger partial charge in [-0.15, -0.1) is 11.3 Å². The Balaban J connectivity index is 1.35. The third kappa shape index (κ3) is 5.40. The molecule has 1 aliphatic rings. The van der Waals surface area contributed by atoms with Gasteiger partial charge in [0.25, 0.3) is 5.78 Å². The maximum absolute atomic E-state index is 13.5. The number of para-hydroxylation sites is 1. The normalized spacial score (nSPS) is 16.0. The number of thiazole rings is 1. The fraction of sp³-hybridized carbons (Fsp3) is 0.0882. The number of carbonyl (C=O) groups excluding carboxylic acids is 2. The lowest BCUT2D eigenvalue weighted by Crippen LogP contribution is -2.29. The second-order valence-corrected chi connectivity index (χ2v) is 10.6. The van der Waals surface area contributed by atoms with E-state index in [2.05, 4.69) is 4.98 Å². The second kappa shape index (κ2) is 11.7. The van der Waals surface area contributed by atoms with Crippen LogP contribution in [0.2, 0.25) is 0 Å². The van der Waals surface area contributed by atoms with Crippen LogP contribution in [0, 0.1) is 6.92 Å². The van der Waals surface area contributed by atoms with E-state index in [9.17, 15) is 14.7 Å². The number of aromatic nitrogens is 1. The Morgan fingerprint density at radius 2 is 1.62 bits per heavy atom. The summed E-state index contributed by atoms with van der Waals surface area (Å²) in [5, 5.41) is 13.6. The number of hydrogen-bond acceptors (Lipinski definition) is 7. The molecule has 4 aromatic carbocycles. The summed E-state index contributed by atoms with van der Waals surface area (Å²) in [5.74, 6) is -0.0458. The number of amides is 1. The largest absolute Gasteiger partial charge is 0.507 e. The van der Waals surface area contributed by atoms with Crippen molar-refractivity contribution in [1.29, 1.82) is 0 Å². The molecule has 0 spiro atoms. The Bertz CT molecular complexity index is 1770. The number of Topliss-reactive ketones (excluding diaryl/α,β-unsaturated/α-hetero) is 1. The lowest BCUT2D eigenvalue weighted by molar-refractivity contribution is -0.132. The minimum absolute atomic E-state index is 0.0272. The third-order valence-electron chi connectivity index (χ3n) is 7.01. The van der Waals surface area contributed by atoms with Gasteiger partial charge in [-0.05, 0) is 72.1 Å². The average molecular weight is 575 g/mol. The summed E-state index contributed by atoms with van der Waals surface area (Å²) in [6.45, 7) is 2.43. The van der Waals surface area contributed by atoms with Crippen molar-refractivity contribution in [3.8, 4) is 17.2 Å². The van der Waals surface area contributed by atoms with Crippen LogP contribution in [0.3, 0.4) is 0 Å². The van der Waals surface area contributed by atoms with Gasteiger partial charge in [-0.25, -0.2) is 4.98 Å². The van der Waals surface area contributed by atoms with Gasteiger partial charge < -0.3 is 14.6 Å².